The Bertz CT molecular complexity index is 1850. The van der Waals surface area contributed by atoms with Gasteiger partial charge in [0.15, 0.2) is 0 Å². The van der Waals surface area contributed by atoms with E-state index in [2.05, 4.69) is 27.5 Å². The second-order valence-electron chi connectivity index (χ2n) is 13.4. The number of carbonyl (C=O) groups excluding carboxylic acids is 2. The number of halogens is 3. The van der Waals surface area contributed by atoms with Gasteiger partial charge in [0.2, 0.25) is 5.91 Å². The lowest BCUT2D eigenvalue weighted by Gasteiger charge is -2.25. The second kappa shape index (κ2) is 15.8. The maximum atomic E-state index is 14.4. The molecule has 1 saturated carbocycles. The lowest BCUT2D eigenvalue weighted by molar-refractivity contribution is -0.274. The molecule has 0 aromatic heterocycles. The summed E-state index contributed by atoms with van der Waals surface area (Å²) in [5, 5.41) is 14.8. The molecule has 0 heterocycles. The number of carbonyl (C=O) groups is 3. The van der Waals surface area contributed by atoms with Crippen molar-refractivity contribution in [1.29, 1.82) is 0 Å². The Hall–Kier alpha value is -5.12. The number of fused-ring (bicyclic) bond motifs is 3. The molecule has 2 unspecified atom stereocenters. The molecule has 2 atom stereocenters. The number of ether oxygens (including phenoxy) is 1. The molecular formula is C41H41F3N2O5. The Balaban J connectivity index is 1.25. The number of hydrogen-bond acceptors (Lipinski definition) is 4. The zero-order valence-electron chi connectivity index (χ0n) is 28.2. The van der Waals surface area contributed by atoms with E-state index in [0.717, 1.165) is 40.7 Å². The van der Waals surface area contributed by atoms with Gasteiger partial charge in [-0.1, -0.05) is 86.0 Å². The van der Waals surface area contributed by atoms with Crippen molar-refractivity contribution in [2.45, 2.75) is 82.0 Å². The summed E-state index contributed by atoms with van der Waals surface area (Å²) in [7, 11) is 0. The molecule has 3 N–H and O–H groups in total. The first-order valence-electron chi connectivity index (χ1n) is 17.5. The van der Waals surface area contributed by atoms with Gasteiger partial charge in [0.05, 0.1) is 18.4 Å². The lowest BCUT2D eigenvalue weighted by atomic mass is 9.82. The number of aryl methyl sites for hydroxylation is 1. The number of carboxylic acid groups (broad SMARTS) is 1. The Morgan fingerprint density at radius 3 is 2.27 bits per heavy atom. The molecule has 0 aliphatic heterocycles. The Morgan fingerprint density at radius 2 is 1.57 bits per heavy atom. The molecule has 0 spiro atoms. The van der Waals surface area contributed by atoms with Crippen LogP contribution in [0.1, 0.15) is 101 Å². The molecule has 266 valence electrons. The molecule has 10 heteroatoms. The van der Waals surface area contributed by atoms with Gasteiger partial charge in [-0.25, -0.2) is 0 Å². The van der Waals surface area contributed by atoms with Crippen LogP contribution in [-0.2, 0) is 22.4 Å². The lowest BCUT2D eigenvalue weighted by Crippen LogP contribution is -2.34. The van der Waals surface area contributed by atoms with E-state index in [0.29, 0.717) is 36.3 Å². The minimum absolute atomic E-state index is 0.0207. The summed E-state index contributed by atoms with van der Waals surface area (Å²) in [4.78, 5) is 37.7. The van der Waals surface area contributed by atoms with Gasteiger partial charge in [-0.3, -0.25) is 14.4 Å². The molecule has 2 amide bonds. The number of rotatable bonds is 11. The Labute approximate surface area is 295 Å². The van der Waals surface area contributed by atoms with E-state index in [9.17, 15) is 27.6 Å². The largest absolute Gasteiger partial charge is 0.573 e. The summed E-state index contributed by atoms with van der Waals surface area (Å²) in [6.07, 6.45) is 2.48. The molecule has 0 bridgehead atoms. The highest BCUT2D eigenvalue weighted by atomic mass is 19.4. The Kier molecular flexibility index (Phi) is 11.1. The van der Waals surface area contributed by atoms with Crippen LogP contribution in [0.25, 0.3) is 11.1 Å². The molecule has 6 rings (SSSR count). The van der Waals surface area contributed by atoms with Crippen LogP contribution in [-0.4, -0.2) is 35.8 Å². The van der Waals surface area contributed by atoms with Gasteiger partial charge in [-0.2, -0.15) is 0 Å². The number of nitrogens with one attached hydrogen (secondary N) is 2. The zero-order chi connectivity index (χ0) is 36.0. The highest BCUT2D eigenvalue weighted by Crippen LogP contribution is 2.40. The predicted octanol–water partition coefficient (Wildman–Crippen LogP) is 8.63. The van der Waals surface area contributed by atoms with Crippen LogP contribution in [0.2, 0.25) is 0 Å². The standard InChI is InChI=1S/C41H41F3N2O5/c42-41(43,44)51-32-20-18-29-19-21-37(34-9-5-4-8-33(34)35(29)25-32)46-40(50)36(30-16-14-28(15-17-30)27-6-2-1-3-7-27)24-26-10-12-31(13-11-26)39(49)45-23-22-38(47)48/h4-5,8-18,20,25,27,36-37H,1-3,6-7,19,21-24H2,(H,45,49)(H,46,50)(H,47,48). The number of benzene rings is 4. The fraction of sp³-hybridized carbons (Fsp3) is 0.341. The minimum Gasteiger partial charge on any atom is -0.481 e. The van der Waals surface area contributed by atoms with Crippen molar-refractivity contribution in [3.8, 4) is 16.9 Å². The first-order chi connectivity index (χ1) is 24.5. The molecule has 7 nitrogen and oxygen atoms in total. The molecule has 51 heavy (non-hydrogen) atoms. The van der Waals surface area contributed by atoms with Crippen molar-refractivity contribution in [1.82, 2.24) is 10.6 Å². The van der Waals surface area contributed by atoms with Gasteiger partial charge in [0, 0.05) is 12.1 Å². The number of aliphatic carboxylic acids is 1. The normalized spacial score (nSPS) is 16.6. The summed E-state index contributed by atoms with van der Waals surface area (Å²) in [5.74, 6) is -1.89. The monoisotopic (exact) mass is 698 g/mol. The van der Waals surface area contributed by atoms with Gasteiger partial charge in [-0.05, 0) is 101 Å². The van der Waals surface area contributed by atoms with Crippen LogP contribution >= 0.6 is 0 Å². The van der Waals surface area contributed by atoms with Crippen molar-refractivity contribution in [3.63, 3.8) is 0 Å². The van der Waals surface area contributed by atoms with E-state index in [1.807, 2.05) is 36.4 Å². The molecule has 1 fully saturated rings. The fourth-order valence-electron chi connectivity index (χ4n) is 7.36. The van der Waals surface area contributed by atoms with Crippen LogP contribution in [0.4, 0.5) is 13.2 Å². The molecule has 0 radical (unpaired) electrons. The van der Waals surface area contributed by atoms with Crippen molar-refractivity contribution in [3.05, 3.63) is 124 Å². The van der Waals surface area contributed by atoms with E-state index in [1.165, 1.54) is 37.0 Å². The van der Waals surface area contributed by atoms with E-state index in [1.54, 1.807) is 30.3 Å². The molecule has 0 saturated heterocycles. The summed E-state index contributed by atoms with van der Waals surface area (Å²) in [5.41, 5.74) is 6.45. The van der Waals surface area contributed by atoms with Crippen molar-refractivity contribution in [2.75, 3.05) is 6.54 Å². The summed E-state index contributed by atoms with van der Waals surface area (Å²) < 4.78 is 43.4. The number of amides is 2. The summed E-state index contributed by atoms with van der Waals surface area (Å²) in [6, 6.07) is 26.8. The smallest absolute Gasteiger partial charge is 0.481 e. The third kappa shape index (κ3) is 9.17. The van der Waals surface area contributed by atoms with Gasteiger partial charge in [0.25, 0.3) is 5.91 Å². The highest BCUT2D eigenvalue weighted by Gasteiger charge is 2.32. The van der Waals surface area contributed by atoms with E-state index < -0.39 is 24.3 Å². The molecule has 4 aromatic rings. The first kappa shape index (κ1) is 35.7. The number of carboxylic acids is 1. The fourth-order valence-corrected chi connectivity index (χ4v) is 7.36. The maximum Gasteiger partial charge on any atom is 0.573 e. The van der Waals surface area contributed by atoms with Gasteiger partial charge in [-0.15, -0.1) is 13.2 Å². The van der Waals surface area contributed by atoms with Crippen LogP contribution in [0.3, 0.4) is 0 Å². The van der Waals surface area contributed by atoms with Crippen molar-refractivity contribution < 1.29 is 37.4 Å². The van der Waals surface area contributed by atoms with Gasteiger partial charge >= 0.3 is 12.3 Å². The van der Waals surface area contributed by atoms with E-state index in [-0.39, 0.29) is 30.5 Å². The van der Waals surface area contributed by atoms with Crippen molar-refractivity contribution >= 4 is 17.8 Å². The van der Waals surface area contributed by atoms with Crippen LogP contribution in [0, 0.1) is 0 Å². The van der Waals surface area contributed by atoms with Gasteiger partial charge in [0.1, 0.15) is 5.75 Å². The topological polar surface area (TPSA) is 105 Å². The number of alkyl halides is 3. The first-order valence-corrected chi connectivity index (χ1v) is 17.5. The van der Waals surface area contributed by atoms with E-state index >= 15 is 0 Å². The van der Waals surface area contributed by atoms with Crippen LogP contribution < -0.4 is 15.4 Å². The maximum absolute atomic E-state index is 14.4. The SMILES string of the molecule is O=C(O)CCNC(=O)c1ccc(CC(C(=O)NC2CCc3ccc(OC(F)(F)F)cc3-c3ccccc32)c2ccc(C3CCCCC3)cc2)cc1. The summed E-state index contributed by atoms with van der Waals surface area (Å²) in [6.45, 7) is 0.0207. The molecular weight excluding hydrogens is 657 g/mol. The van der Waals surface area contributed by atoms with Gasteiger partial charge < -0.3 is 20.5 Å². The summed E-state index contributed by atoms with van der Waals surface area (Å²) >= 11 is 0. The second-order valence-corrected chi connectivity index (χ2v) is 13.4. The molecule has 2 aliphatic rings. The highest BCUT2D eigenvalue weighted by molar-refractivity contribution is 5.94. The Morgan fingerprint density at radius 1 is 0.843 bits per heavy atom. The van der Waals surface area contributed by atoms with Crippen LogP contribution in [0.5, 0.6) is 5.75 Å². The predicted molar refractivity (Wildman–Crippen MR) is 188 cm³/mol. The van der Waals surface area contributed by atoms with Crippen molar-refractivity contribution in [2.24, 2.45) is 0 Å². The zero-order valence-corrected chi connectivity index (χ0v) is 28.2. The minimum atomic E-state index is -4.81. The average Bonchev–Trinajstić information content (AvgIpc) is 3.27. The third-order valence-electron chi connectivity index (χ3n) is 9.97. The van der Waals surface area contributed by atoms with E-state index in [4.69, 9.17) is 5.11 Å². The third-order valence-corrected chi connectivity index (χ3v) is 9.97. The quantitative estimate of drug-likeness (QED) is 0.146. The molecule has 2 aliphatic carbocycles. The number of hydrogen-bond donors (Lipinski definition) is 3. The average molecular weight is 699 g/mol. The molecule has 4 aromatic carbocycles. The van der Waals surface area contributed by atoms with Crippen LogP contribution in [0.15, 0.2) is 91.0 Å².